The number of furan rings is 1. The van der Waals surface area contributed by atoms with E-state index in [1.807, 2.05) is 19.1 Å². The Morgan fingerprint density at radius 1 is 1.18 bits per heavy atom. The Balaban J connectivity index is 1.59. The first kappa shape index (κ1) is 21.9. The van der Waals surface area contributed by atoms with Crippen molar-refractivity contribution in [3.05, 3.63) is 68.9 Å². The lowest BCUT2D eigenvalue weighted by molar-refractivity contribution is -0.122. The van der Waals surface area contributed by atoms with Crippen molar-refractivity contribution < 1.29 is 9.21 Å². The molecule has 1 amide bonds. The molecule has 170 valence electrons. The molecular weight excluding hydrogens is 458 g/mol. The fourth-order valence-electron chi connectivity index (χ4n) is 3.96. The third-order valence-corrected chi connectivity index (χ3v) is 7.21. The van der Waals surface area contributed by atoms with Crippen molar-refractivity contribution in [3.63, 3.8) is 0 Å². The Morgan fingerprint density at radius 3 is 2.70 bits per heavy atom. The molecule has 0 radical (unpaired) electrons. The minimum atomic E-state index is -0.237. The molecule has 3 aromatic heterocycles. The molecule has 10 heteroatoms. The van der Waals surface area contributed by atoms with Gasteiger partial charge in [-0.25, -0.2) is 4.98 Å². The lowest BCUT2D eigenvalue weighted by Gasteiger charge is -2.34. The largest absolute Gasteiger partial charge is 0.467 e. The van der Waals surface area contributed by atoms with Crippen LogP contribution in [0.3, 0.4) is 0 Å². The first-order chi connectivity index (χ1) is 15.9. The maximum Gasteiger partial charge on any atom is 0.267 e. The number of pyridine rings is 1. The second kappa shape index (κ2) is 8.77. The number of aryl methyl sites for hydroxylation is 1. The van der Waals surface area contributed by atoms with Crippen LogP contribution in [0.1, 0.15) is 16.9 Å². The number of anilines is 1. The van der Waals surface area contributed by atoms with E-state index in [1.54, 1.807) is 35.1 Å². The van der Waals surface area contributed by atoms with Gasteiger partial charge in [0.15, 0.2) is 0 Å². The summed E-state index contributed by atoms with van der Waals surface area (Å²) in [5, 5.41) is 0. The van der Waals surface area contributed by atoms with Crippen molar-refractivity contribution in [3.8, 4) is 0 Å². The van der Waals surface area contributed by atoms with Crippen LogP contribution in [-0.2, 0) is 11.3 Å². The number of hydrogen-bond donors (Lipinski definition) is 0. The molecule has 33 heavy (non-hydrogen) atoms. The molecule has 0 saturated carbocycles. The van der Waals surface area contributed by atoms with Gasteiger partial charge in [-0.2, -0.15) is 0 Å². The molecule has 2 aliphatic rings. The number of likely N-dealkylation sites (N-methyl/N-ethyl adjacent to an activating group) is 1. The zero-order valence-electron chi connectivity index (χ0n) is 18.4. The second-order valence-corrected chi connectivity index (χ2v) is 9.90. The Morgan fingerprint density at radius 2 is 1.97 bits per heavy atom. The third-order valence-electron chi connectivity index (χ3n) is 5.83. The molecule has 5 heterocycles. The third kappa shape index (κ3) is 4.21. The van der Waals surface area contributed by atoms with E-state index in [4.69, 9.17) is 21.6 Å². The molecule has 3 aromatic rings. The van der Waals surface area contributed by atoms with E-state index in [0.717, 1.165) is 31.7 Å². The van der Waals surface area contributed by atoms with Gasteiger partial charge < -0.3 is 14.2 Å². The number of fused-ring (bicyclic) bond motifs is 1. The van der Waals surface area contributed by atoms with Crippen LogP contribution in [0, 0.1) is 6.92 Å². The summed E-state index contributed by atoms with van der Waals surface area (Å²) in [4.78, 5) is 37.9. The number of nitrogens with zero attached hydrogens (tertiary/aromatic N) is 5. The highest BCUT2D eigenvalue weighted by Gasteiger charge is 2.33. The fourth-order valence-corrected chi connectivity index (χ4v) is 5.20. The van der Waals surface area contributed by atoms with Crippen molar-refractivity contribution >= 4 is 51.7 Å². The number of hydrogen-bond acceptors (Lipinski definition) is 8. The molecule has 5 rings (SSSR count). The molecule has 2 aliphatic heterocycles. The summed E-state index contributed by atoms with van der Waals surface area (Å²) in [5.74, 6) is 1.02. The molecule has 0 bridgehead atoms. The zero-order valence-corrected chi connectivity index (χ0v) is 20.0. The van der Waals surface area contributed by atoms with Crippen LogP contribution in [-0.4, -0.2) is 62.6 Å². The molecule has 0 unspecified atom stereocenters. The highest BCUT2D eigenvalue weighted by atomic mass is 32.2. The van der Waals surface area contributed by atoms with E-state index < -0.39 is 0 Å². The zero-order chi connectivity index (χ0) is 23.1. The lowest BCUT2D eigenvalue weighted by Crippen LogP contribution is -2.45. The average molecular weight is 482 g/mol. The molecule has 0 aromatic carbocycles. The smallest absolute Gasteiger partial charge is 0.267 e. The van der Waals surface area contributed by atoms with Crippen LogP contribution in [0.25, 0.3) is 11.7 Å². The highest BCUT2D eigenvalue weighted by Crippen LogP contribution is 2.34. The van der Waals surface area contributed by atoms with E-state index in [2.05, 4.69) is 16.8 Å². The van der Waals surface area contributed by atoms with E-state index >= 15 is 0 Å². The van der Waals surface area contributed by atoms with Gasteiger partial charge >= 0.3 is 0 Å². The number of piperazine rings is 1. The van der Waals surface area contributed by atoms with Crippen molar-refractivity contribution in [2.75, 3.05) is 38.1 Å². The van der Waals surface area contributed by atoms with Gasteiger partial charge in [-0.05, 0) is 43.8 Å². The summed E-state index contributed by atoms with van der Waals surface area (Å²) < 4.78 is 7.36. The van der Waals surface area contributed by atoms with Gasteiger partial charge in [-0.15, -0.1) is 0 Å². The number of carbonyl (C=O) groups excluding carboxylic acids is 1. The first-order valence-corrected chi connectivity index (χ1v) is 11.9. The number of amides is 1. The topological polar surface area (TPSA) is 74.3 Å². The van der Waals surface area contributed by atoms with Crippen LogP contribution in [0.4, 0.5) is 5.82 Å². The lowest BCUT2D eigenvalue weighted by atomic mass is 10.2. The van der Waals surface area contributed by atoms with Gasteiger partial charge in [0.05, 0.1) is 23.3 Å². The van der Waals surface area contributed by atoms with Gasteiger partial charge in [-0.3, -0.25) is 18.9 Å². The van der Waals surface area contributed by atoms with E-state index in [0.29, 0.717) is 32.0 Å². The van der Waals surface area contributed by atoms with Gasteiger partial charge in [0.1, 0.15) is 21.5 Å². The molecule has 8 nitrogen and oxygen atoms in total. The van der Waals surface area contributed by atoms with Gasteiger partial charge in [0.25, 0.3) is 11.5 Å². The molecule has 0 spiro atoms. The molecule has 0 atom stereocenters. The minimum absolute atomic E-state index is 0.200. The Bertz CT molecular complexity index is 1320. The molecule has 2 fully saturated rings. The highest BCUT2D eigenvalue weighted by molar-refractivity contribution is 8.26. The maximum absolute atomic E-state index is 13.6. The quantitative estimate of drug-likeness (QED) is 0.416. The van der Waals surface area contributed by atoms with Crippen LogP contribution in [0.2, 0.25) is 0 Å². The molecule has 2 saturated heterocycles. The minimum Gasteiger partial charge on any atom is -0.467 e. The van der Waals surface area contributed by atoms with Crippen molar-refractivity contribution in [1.82, 2.24) is 19.2 Å². The van der Waals surface area contributed by atoms with Gasteiger partial charge in [0.2, 0.25) is 0 Å². The SMILES string of the molecule is Cc1ccc2nc(N3CCN(C)CC3)c(/C=C3/SC(=S)N(Cc4ccco4)C3=O)c(=O)n2c1. The molecule has 0 aliphatic carbocycles. The summed E-state index contributed by atoms with van der Waals surface area (Å²) in [6.07, 6.45) is 4.99. The summed E-state index contributed by atoms with van der Waals surface area (Å²) in [7, 11) is 2.08. The average Bonchev–Trinajstić information content (AvgIpc) is 3.41. The summed E-state index contributed by atoms with van der Waals surface area (Å²) >= 11 is 6.65. The van der Waals surface area contributed by atoms with E-state index in [-0.39, 0.29) is 18.0 Å². The van der Waals surface area contributed by atoms with Gasteiger partial charge in [-0.1, -0.05) is 30.0 Å². The van der Waals surface area contributed by atoms with Crippen molar-refractivity contribution in [1.29, 1.82) is 0 Å². The normalized spacial score (nSPS) is 18.8. The summed E-state index contributed by atoms with van der Waals surface area (Å²) in [6, 6.07) is 7.36. The Labute approximate surface area is 200 Å². The summed E-state index contributed by atoms with van der Waals surface area (Å²) in [6.45, 7) is 5.45. The Hall–Kier alpha value is -2.95. The number of thiocarbonyl (C=S) groups is 1. The van der Waals surface area contributed by atoms with Crippen molar-refractivity contribution in [2.45, 2.75) is 13.5 Å². The predicted molar refractivity (Wildman–Crippen MR) is 133 cm³/mol. The fraction of sp³-hybridized carbons (Fsp3) is 0.304. The van der Waals surface area contributed by atoms with Crippen LogP contribution in [0.15, 0.2) is 50.8 Å². The summed E-state index contributed by atoms with van der Waals surface area (Å²) in [5.41, 5.74) is 1.74. The van der Waals surface area contributed by atoms with Crippen LogP contribution >= 0.6 is 24.0 Å². The monoisotopic (exact) mass is 481 g/mol. The standard InChI is InChI=1S/C23H23N5O3S2/c1-15-5-6-19-24-20(26-9-7-25(2)8-10-26)17(21(29)27(19)13-15)12-18-22(30)28(23(32)33-18)14-16-4-3-11-31-16/h3-6,11-13H,7-10,14H2,1-2H3/b18-12+. The number of thioether (sulfide) groups is 1. The number of rotatable bonds is 4. The number of carbonyl (C=O) groups is 1. The second-order valence-electron chi connectivity index (χ2n) is 8.23. The van der Waals surface area contributed by atoms with E-state index in [1.165, 1.54) is 16.7 Å². The number of aromatic nitrogens is 2. The first-order valence-electron chi connectivity index (χ1n) is 10.6. The van der Waals surface area contributed by atoms with Crippen molar-refractivity contribution in [2.24, 2.45) is 0 Å². The molecule has 0 N–H and O–H groups in total. The maximum atomic E-state index is 13.6. The Kier molecular flexibility index (Phi) is 5.81. The van der Waals surface area contributed by atoms with E-state index in [9.17, 15) is 9.59 Å². The van der Waals surface area contributed by atoms with Gasteiger partial charge in [0, 0.05) is 32.4 Å². The predicted octanol–water partition coefficient (Wildman–Crippen LogP) is 2.75. The van der Waals surface area contributed by atoms with Crippen LogP contribution in [0.5, 0.6) is 0 Å². The molecular formula is C23H23N5O3S2. The van der Waals surface area contributed by atoms with Crippen LogP contribution < -0.4 is 10.5 Å².